The Morgan fingerprint density at radius 3 is 2.55 bits per heavy atom. The zero-order valence-electron chi connectivity index (χ0n) is 19.1. The molecule has 0 N–H and O–H groups in total. The van der Waals surface area contributed by atoms with Gasteiger partial charge in [-0.25, -0.2) is 9.48 Å². The lowest BCUT2D eigenvalue weighted by Crippen LogP contribution is -2.13. The molecular weight excluding hydrogens is 438 g/mol. The molecule has 33 heavy (non-hydrogen) atoms. The Hall–Kier alpha value is -3.38. The number of aryl methyl sites for hydroxylation is 1. The maximum atomic E-state index is 11.6. The molecule has 170 valence electrons. The maximum absolute atomic E-state index is 11.6. The number of benzene rings is 2. The standard InChI is InChI=1S/C26H26ClN3O3/c1-16(2)25-20(14-18-6-8-19(9-7-18)30-13-5-12-28-30)17(3)24-22(33-15-23(31)32-4)11-10-21(27)26(24)29-25/h5-13,16H,14-15H2,1-4H3. The van der Waals surface area contributed by atoms with Crippen molar-refractivity contribution < 1.29 is 14.3 Å². The first-order chi connectivity index (χ1) is 15.9. The zero-order valence-corrected chi connectivity index (χ0v) is 19.9. The molecule has 0 aliphatic rings. The number of aromatic nitrogens is 3. The van der Waals surface area contributed by atoms with Crippen LogP contribution in [0.1, 0.15) is 42.1 Å². The monoisotopic (exact) mass is 463 g/mol. The molecule has 0 spiro atoms. The van der Waals surface area contributed by atoms with E-state index in [1.807, 2.05) is 16.9 Å². The number of hydrogen-bond donors (Lipinski definition) is 0. The number of carbonyl (C=O) groups excluding carboxylic acids is 1. The quantitative estimate of drug-likeness (QED) is 0.331. The van der Waals surface area contributed by atoms with E-state index >= 15 is 0 Å². The summed E-state index contributed by atoms with van der Waals surface area (Å²) in [7, 11) is 1.34. The highest BCUT2D eigenvalue weighted by Crippen LogP contribution is 2.37. The SMILES string of the molecule is COC(=O)COc1ccc(Cl)c2nc(C(C)C)c(Cc3ccc(-n4cccn4)cc3)c(C)c12. The zero-order chi connectivity index (χ0) is 23.5. The predicted octanol–water partition coefficient (Wildman–Crippen LogP) is 5.65. The van der Waals surface area contributed by atoms with Crippen LogP contribution >= 0.6 is 11.6 Å². The number of nitrogens with zero attached hydrogens (tertiary/aromatic N) is 3. The fraction of sp³-hybridized carbons (Fsp3) is 0.269. The van der Waals surface area contributed by atoms with E-state index in [4.69, 9.17) is 26.1 Å². The number of pyridine rings is 1. The molecule has 0 aliphatic carbocycles. The van der Waals surface area contributed by atoms with Crippen LogP contribution in [0.4, 0.5) is 0 Å². The molecule has 4 rings (SSSR count). The Bertz CT molecular complexity index is 1280. The van der Waals surface area contributed by atoms with E-state index < -0.39 is 5.97 Å². The molecule has 0 amide bonds. The van der Waals surface area contributed by atoms with E-state index in [0.717, 1.165) is 33.5 Å². The summed E-state index contributed by atoms with van der Waals surface area (Å²) in [5.74, 6) is 0.331. The maximum Gasteiger partial charge on any atom is 0.343 e. The van der Waals surface area contributed by atoms with Crippen molar-refractivity contribution in [3.05, 3.63) is 82.3 Å². The Morgan fingerprint density at radius 2 is 1.91 bits per heavy atom. The average Bonchev–Trinajstić information content (AvgIpc) is 3.35. The normalized spacial score (nSPS) is 11.2. The topological polar surface area (TPSA) is 66.2 Å². The first-order valence-corrected chi connectivity index (χ1v) is 11.2. The van der Waals surface area contributed by atoms with Gasteiger partial charge in [-0.3, -0.25) is 4.98 Å². The number of rotatable bonds is 7. The minimum atomic E-state index is -0.444. The van der Waals surface area contributed by atoms with Gasteiger partial charge in [0.25, 0.3) is 0 Å². The van der Waals surface area contributed by atoms with Crippen LogP contribution in [0, 0.1) is 6.92 Å². The van der Waals surface area contributed by atoms with Gasteiger partial charge in [-0.15, -0.1) is 0 Å². The van der Waals surface area contributed by atoms with E-state index in [9.17, 15) is 4.79 Å². The third-order valence-corrected chi connectivity index (χ3v) is 5.97. The Morgan fingerprint density at radius 1 is 1.15 bits per heavy atom. The summed E-state index contributed by atoms with van der Waals surface area (Å²) in [6.45, 7) is 6.14. The second-order valence-electron chi connectivity index (χ2n) is 8.18. The number of methoxy groups -OCH3 is 1. The molecule has 6 nitrogen and oxygen atoms in total. The Balaban J connectivity index is 1.78. The second kappa shape index (κ2) is 9.63. The van der Waals surface area contributed by atoms with E-state index in [1.54, 1.807) is 18.3 Å². The minimum absolute atomic E-state index is 0.178. The van der Waals surface area contributed by atoms with E-state index in [-0.39, 0.29) is 12.5 Å². The van der Waals surface area contributed by atoms with Crippen molar-refractivity contribution in [1.29, 1.82) is 0 Å². The molecule has 0 saturated heterocycles. The van der Waals surface area contributed by atoms with E-state index in [2.05, 4.69) is 50.1 Å². The largest absolute Gasteiger partial charge is 0.481 e. The van der Waals surface area contributed by atoms with Crippen molar-refractivity contribution in [3.8, 4) is 11.4 Å². The Labute approximate surface area is 198 Å². The van der Waals surface area contributed by atoms with Crippen molar-refractivity contribution >= 4 is 28.5 Å². The van der Waals surface area contributed by atoms with Crippen LogP contribution in [0.3, 0.4) is 0 Å². The van der Waals surface area contributed by atoms with Crippen LogP contribution in [0.15, 0.2) is 54.9 Å². The number of fused-ring (bicyclic) bond motifs is 1. The van der Waals surface area contributed by atoms with Crippen molar-refractivity contribution in [2.45, 2.75) is 33.1 Å². The summed E-state index contributed by atoms with van der Waals surface area (Å²) in [4.78, 5) is 16.6. The highest BCUT2D eigenvalue weighted by Gasteiger charge is 2.20. The van der Waals surface area contributed by atoms with Gasteiger partial charge in [0.15, 0.2) is 6.61 Å². The van der Waals surface area contributed by atoms with Crippen molar-refractivity contribution in [2.24, 2.45) is 0 Å². The van der Waals surface area contributed by atoms with Gasteiger partial charge < -0.3 is 9.47 Å². The third kappa shape index (κ3) is 4.71. The second-order valence-corrected chi connectivity index (χ2v) is 8.59. The van der Waals surface area contributed by atoms with Gasteiger partial charge in [0.2, 0.25) is 0 Å². The van der Waals surface area contributed by atoms with Crippen LogP contribution in [0.2, 0.25) is 5.02 Å². The van der Waals surface area contributed by atoms with Crippen LogP contribution in [0.25, 0.3) is 16.6 Å². The van der Waals surface area contributed by atoms with Gasteiger partial charge >= 0.3 is 5.97 Å². The fourth-order valence-electron chi connectivity index (χ4n) is 3.96. The summed E-state index contributed by atoms with van der Waals surface area (Å²) in [6, 6.07) is 13.8. The van der Waals surface area contributed by atoms with Gasteiger partial charge in [0, 0.05) is 23.5 Å². The molecule has 0 bridgehead atoms. The molecule has 2 aromatic heterocycles. The van der Waals surface area contributed by atoms with E-state index in [1.165, 1.54) is 7.11 Å². The number of halogens is 1. The van der Waals surface area contributed by atoms with Crippen molar-refractivity contribution in [3.63, 3.8) is 0 Å². The molecule has 2 aromatic carbocycles. The number of esters is 1. The first-order valence-electron chi connectivity index (χ1n) is 10.8. The molecule has 2 heterocycles. The highest BCUT2D eigenvalue weighted by atomic mass is 35.5. The van der Waals surface area contributed by atoms with Gasteiger partial charge in [0.1, 0.15) is 5.75 Å². The van der Waals surface area contributed by atoms with Gasteiger partial charge in [-0.2, -0.15) is 5.10 Å². The van der Waals surface area contributed by atoms with Crippen LogP contribution < -0.4 is 4.74 Å². The molecule has 4 aromatic rings. The van der Waals surface area contributed by atoms with Crippen molar-refractivity contribution in [2.75, 3.05) is 13.7 Å². The molecule has 0 radical (unpaired) electrons. The average molecular weight is 464 g/mol. The molecule has 0 atom stereocenters. The summed E-state index contributed by atoms with van der Waals surface area (Å²) in [6.07, 6.45) is 4.39. The van der Waals surface area contributed by atoms with Crippen molar-refractivity contribution in [1.82, 2.24) is 14.8 Å². The molecule has 0 fully saturated rings. The molecule has 0 aliphatic heterocycles. The van der Waals surface area contributed by atoms with Gasteiger partial charge in [-0.1, -0.05) is 37.6 Å². The summed E-state index contributed by atoms with van der Waals surface area (Å²) >= 11 is 6.53. The molecule has 7 heteroatoms. The number of ether oxygens (including phenoxy) is 2. The first kappa shape index (κ1) is 22.8. The molecule has 0 unspecified atom stereocenters. The number of hydrogen-bond acceptors (Lipinski definition) is 5. The minimum Gasteiger partial charge on any atom is -0.481 e. The van der Waals surface area contributed by atoms with E-state index in [0.29, 0.717) is 22.7 Å². The number of carbonyl (C=O) groups is 1. The van der Waals surface area contributed by atoms with Gasteiger partial charge in [-0.05, 0) is 66.3 Å². The summed E-state index contributed by atoms with van der Waals surface area (Å²) < 4.78 is 12.3. The third-order valence-electron chi connectivity index (χ3n) is 5.67. The van der Waals surface area contributed by atoms with Crippen LogP contribution in [-0.4, -0.2) is 34.5 Å². The smallest absolute Gasteiger partial charge is 0.343 e. The van der Waals surface area contributed by atoms with Gasteiger partial charge in [0.05, 0.1) is 23.3 Å². The summed E-state index contributed by atoms with van der Waals surface area (Å²) in [5, 5.41) is 5.66. The summed E-state index contributed by atoms with van der Waals surface area (Å²) in [5.41, 5.74) is 6.03. The lowest BCUT2D eigenvalue weighted by molar-refractivity contribution is -0.142. The van der Waals surface area contributed by atoms with Crippen LogP contribution in [-0.2, 0) is 16.0 Å². The highest BCUT2D eigenvalue weighted by molar-refractivity contribution is 6.35. The predicted molar refractivity (Wildman–Crippen MR) is 129 cm³/mol. The lowest BCUT2D eigenvalue weighted by Gasteiger charge is -2.20. The Kier molecular flexibility index (Phi) is 6.65. The lowest BCUT2D eigenvalue weighted by atomic mass is 9.91. The molecular formula is C26H26ClN3O3. The molecule has 0 saturated carbocycles. The fourth-order valence-corrected chi connectivity index (χ4v) is 4.16. The van der Waals surface area contributed by atoms with Crippen LogP contribution in [0.5, 0.6) is 5.75 Å².